The highest BCUT2D eigenvalue weighted by Gasteiger charge is 2.18. The number of hydrogen-bond donors (Lipinski definition) is 2. The summed E-state index contributed by atoms with van der Waals surface area (Å²) in [5.74, 6) is -0.555. The van der Waals surface area contributed by atoms with Gasteiger partial charge in [0.05, 0.1) is 18.9 Å². The van der Waals surface area contributed by atoms with Crippen LogP contribution >= 0.6 is 0 Å². The van der Waals surface area contributed by atoms with Crippen LogP contribution in [0.1, 0.15) is 12.5 Å². The number of hydrogen-bond acceptors (Lipinski definition) is 4. The van der Waals surface area contributed by atoms with Crippen LogP contribution in [0.4, 0.5) is 10.1 Å². The number of benzene rings is 1. The quantitative estimate of drug-likeness (QED) is 0.561. The van der Waals surface area contributed by atoms with Crippen molar-refractivity contribution >= 4 is 11.5 Å². The summed E-state index contributed by atoms with van der Waals surface area (Å²) in [5, 5.41) is 7.33. The van der Waals surface area contributed by atoms with Gasteiger partial charge in [0.15, 0.2) is 0 Å². The van der Waals surface area contributed by atoms with Crippen molar-refractivity contribution < 1.29 is 13.9 Å². The summed E-state index contributed by atoms with van der Waals surface area (Å²) in [6, 6.07) is 4.55. The van der Waals surface area contributed by atoms with Crippen LogP contribution < -0.4 is 10.6 Å². The summed E-state index contributed by atoms with van der Waals surface area (Å²) in [5.41, 5.74) is 6.19. The third-order valence-electron chi connectivity index (χ3n) is 3.04. The predicted octanol–water partition coefficient (Wildman–Crippen LogP) is 1.60. The highest BCUT2D eigenvalue weighted by Crippen LogP contribution is 2.22. The molecule has 1 unspecified atom stereocenters. The molecule has 112 valence electrons. The molecule has 0 bridgehead atoms. The van der Waals surface area contributed by atoms with Crippen LogP contribution in [0.15, 0.2) is 18.2 Å². The topological polar surface area (TPSA) is 71.6 Å². The lowest BCUT2D eigenvalue weighted by atomic mass is 10.1. The Morgan fingerprint density at radius 1 is 1.40 bits per heavy atom. The predicted molar refractivity (Wildman–Crippen MR) is 78.0 cm³/mol. The van der Waals surface area contributed by atoms with E-state index in [0.29, 0.717) is 31.0 Å². The molecule has 0 heterocycles. The maximum Gasteiger partial charge on any atom is 0.147 e. The molecule has 0 saturated carbocycles. The number of nitrogens with one attached hydrogen (secondary N) is 1. The minimum absolute atomic E-state index is 0.00725. The number of nitrogens with zero attached hydrogens (tertiary/aromatic N) is 1. The van der Waals surface area contributed by atoms with Gasteiger partial charge < -0.3 is 20.1 Å². The number of nitrogens with two attached hydrogens (primary N) is 1. The van der Waals surface area contributed by atoms with E-state index in [1.165, 1.54) is 6.07 Å². The molecule has 0 amide bonds. The first-order valence-corrected chi connectivity index (χ1v) is 6.39. The Morgan fingerprint density at radius 3 is 2.60 bits per heavy atom. The van der Waals surface area contributed by atoms with Gasteiger partial charge in [-0.3, -0.25) is 5.41 Å². The smallest absolute Gasteiger partial charge is 0.147 e. The summed E-state index contributed by atoms with van der Waals surface area (Å²) in [6.45, 7) is 3.48. The summed E-state index contributed by atoms with van der Waals surface area (Å²) in [4.78, 5) is 1.88. The summed E-state index contributed by atoms with van der Waals surface area (Å²) in [6.07, 6.45) is 0. The van der Waals surface area contributed by atoms with E-state index < -0.39 is 5.82 Å². The number of ether oxygens (including phenoxy) is 2. The fourth-order valence-corrected chi connectivity index (χ4v) is 2.01. The molecular formula is C14H22FN3O2. The Balaban J connectivity index is 3.03. The first-order chi connectivity index (χ1) is 9.51. The van der Waals surface area contributed by atoms with Gasteiger partial charge in [-0.05, 0) is 25.1 Å². The highest BCUT2D eigenvalue weighted by molar-refractivity contribution is 5.95. The molecule has 1 rings (SSSR count). The number of halogens is 1. The number of rotatable bonds is 8. The molecular weight excluding hydrogens is 261 g/mol. The molecule has 5 nitrogen and oxygen atoms in total. The summed E-state index contributed by atoms with van der Waals surface area (Å²) in [7, 11) is 3.22. The molecule has 0 aliphatic rings. The number of methoxy groups -OCH3 is 2. The number of amidine groups is 1. The van der Waals surface area contributed by atoms with E-state index in [-0.39, 0.29) is 11.9 Å². The Kier molecular flexibility index (Phi) is 6.41. The zero-order valence-corrected chi connectivity index (χ0v) is 12.1. The zero-order valence-electron chi connectivity index (χ0n) is 12.1. The van der Waals surface area contributed by atoms with Gasteiger partial charge in [0.25, 0.3) is 0 Å². The Morgan fingerprint density at radius 2 is 2.10 bits per heavy atom. The first kappa shape index (κ1) is 16.4. The van der Waals surface area contributed by atoms with Crippen molar-refractivity contribution in [2.24, 2.45) is 5.73 Å². The normalized spacial score (nSPS) is 12.2. The summed E-state index contributed by atoms with van der Waals surface area (Å²) >= 11 is 0. The molecule has 0 aliphatic heterocycles. The average molecular weight is 283 g/mol. The van der Waals surface area contributed by atoms with Gasteiger partial charge in [-0.15, -0.1) is 0 Å². The molecule has 1 aromatic rings. The van der Waals surface area contributed by atoms with E-state index >= 15 is 0 Å². The Labute approximate surface area is 119 Å². The van der Waals surface area contributed by atoms with Crippen LogP contribution in [0.5, 0.6) is 0 Å². The standard InChI is InChI=1S/C14H22FN3O2/c1-10(9-20-3)18(6-7-19-2)13-5-4-11(14(16)17)8-12(13)15/h4-5,8,10H,6-7,9H2,1-3H3,(H3,16,17). The minimum atomic E-state index is -0.406. The van der Waals surface area contributed by atoms with E-state index in [1.54, 1.807) is 26.4 Å². The summed E-state index contributed by atoms with van der Waals surface area (Å²) < 4.78 is 24.4. The van der Waals surface area contributed by atoms with Gasteiger partial charge in [0, 0.05) is 32.4 Å². The molecule has 20 heavy (non-hydrogen) atoms. The lowest BCUT2D eigenvalue weighted by Crippen LogP contribution is -2.39. The van der Waals surface area contributed by atoms with Crippen molar-refractivity contribution in [2.75, 3.05) is 38.9 Å². The van der Waals surface area contributed by atoms with Crippen molar-refractivity contribution in [3.63, 3.8) is 0 Å². The number of nitrogen functional groups attached to an aromatic ring is 1. The maximum absolute atomic E-state index is 14.2. The minimum Gasteiger partial charge on any atom is -0.384 e. The van der Waals surface area contributed by atoms with E-state index in [9.17, 15) is 4.39 Å². The van der Waals surface area contributed by atoms with Gasteiger partial charge in [0.1, 0.15) is 11.7 Å². The molecule has 3 N–H and O–H groups in total. The fraction of sp³-hybridized carbons (Fsp3) is 0.500. The van der Waals surface area contributed by atoms with Crippen molar-refractivity contribution in [3.05, 3.63) is 29.6 Å². The van der Waals surface area contributed by atoms with Crippen LogP contribution in [0, 0.1) is 11.2 Å². The average Bonchev–Trinajstić information content (AvgIpc) is 2.40. The largest absolute Gasteiger partial charge is 0.384 e. The molecule has 0 saturated heterocycles. The zero-order chi connectivity index (χ0) is 15.1. The second-order valence-corrected chi connectivity index (χ2v) is 4.57. The second kappa shape index (κ2) is 7.81. The van der Waals surface area contributed by atoms with Crippen molar-refractivity contribution in [1.29, 1.82) is 5.41 Å². The van der Waals surface area contributed by atoms with Gasteiger partial charge in [-0.25, -0.2) is 4.39 Å². The molecule has 1 atom stereocenters. The molecule has 0 spiro atoms. The van der Waals surface area contributed by atoms with Gasteiger partial charge in [-0.1, -0.05) is 0 Å². The van der Waals surface area contributed by atoms with Crippen LogP contribution in [0.3, 0.4) is 0 Å². The van der Waals surface area contributed by atoms with Gasteiger partial charge in [0.2, 0.25) is 0 Å². The first-order valence-electron chi connectivity index (χ1n) is 6.39. The van der Waals surface area contributed by atoms with Crippen molar-refractivity contribution in [1.82, 2.24) is 0 Å². The fourth-order valence-electron chi connectivity index (χ4n) is 2.01. The van der Waals surface area contributed by atoms with Gasteiger partial charge in [-0.2, -0.15) is 0 Å². The monoisotopic (exact) mass is 283 g/mol. The lowest BCUT2D eigenvalue weighted by Gasteiger charge is -2.31. The Hall–Kier alpha value is -1.66. The lowest BCUT2D eigenvalue weighted by molar-refractivity contribution is 0.170. The molecule has 6 heteroatoms. The van der Waals surface area contributed by atoms with E-state index in [0.717, 1.165) is 0 Å². The van der Waals surface area contributed by atoms with Crippen LogP contribution in [-0.4, -0.2) is 45.9 Å². The SMILES string of the molecule is COCCN(c1ccc(C(=N)N)cc1F)C(C)COC. The maximum atomic E-state index is 14.2. The molecule has 0 aliphatic carbocycles. The van der Waals surface area contributed by atoms with Crippen LogP contribution in [0.25, 0.3) is 0 Å². The molecule has 0 aromatic heterocycles. The molecule has 0 fully saturated rings. The second-order valence-electron chi connectivity index (χ2n) is 4.57. The molecule has 0 radical (unpaired) electrons. The van der Waals surface area contributed by atoms with E-state index in [4.69, 9.17) is 20.6 Å². The van der Waals surface area contributed by atoms with Crippen LogP contribution in [-0.2, 0) is 9.47 Å². The van der Waals surface area contributed by atoms with Gasteiger partial charge >= 0.3 is 0 Å². The molecule has 1 aromatic carbocycles. The van der Waals surface area contributed by atoms with E-state index in [2.05, 4.69) is 0 Å². The number of anilines is 1. The van der Waals surface area contributed by atoms with Crippen molar-refractivity contribution in [3.8, 4) is 0 Å². The third-order valence-corrected chi connectivity index (χ3v) is 3.04. The van der Waals surface area contributed by atoms with E-state index in [1.807, 2.05) is 11.8 Å². The third kappa shape index (κ3) is 4.18. The van der Waals surface area contributed by atoms with Crippen LogP contribution in [0.2, 0.25) is 0 Å². The Bertz CT molecular complexity index is 454. The highest BCUT2D eigenvalue weighted by atomic mass is 19.1. The van der Waals surface area contributed by atoms with Crippen molar-refractivity contribution in [2.45, 2.75) is 13.0 Å².